The van der Waals surface area contributed by atoms with Crippen LogP contribution in [0.15, 0.2) is 18.2 Å². The van der Waals surface area contributed by atoms with Crippen LogP contribution < -0.4 is 0 Å². The summed E-state index contributed by atoms with van der Waals surface area (Å²) >= 11 is 6.11. The minimum Gasteiger partial charge on any atom is -0.327 e. The molecule has 0 radical (unpaired) electrons. The number of alkyl halides is 1. The molecule has 104 valence electrons. The lowest BCUT2D eigenvalue weighted by Crippen LogP contribution is -2.07. The van der Waals surface area contributed by atoms with Gasteiger partial charge in [-0.3, -0.25) is 4.21 Å². The summed E-state index contributed by atoms with van der Waals surface area (Å²) in [5, 5.41) is -0.293. The Hall–Kier alpha value is -0.940. The summed E-state index contributed by atoms with van der Waals surface area (Å²) in [4.78, 5) is 4.29. The highest BCUT2D eigenvalue weighted by Gasteiger charge is 2.16. The molecule has 0 aliphatic rings. The minimum atomic E-state index is -0.823. The number of para-hydroxylation sites is 1. The van der Waals surface area contributed by atoms with Crippen molar-refractivity contribution in [3.63, 3.8) is 0 Å². The van der Waals surface area contributed by atoms with E-state index in [1.54, 1.807) is 12.3 Å². The Morgan fingerprint density at radius 3 is 2.89 bits per heavy atom. The number of rotatable bonds is 5. The van der Waals surface area contributed by atoms with Crippen LogP contribution in [0, 0.1) is 5.82 Å². The molecule has 2 unspecified atom stereocenters. The van der Waals surface area contributed by atoms with Crippen LogP contribution in [0.1, 0.15) is 24.5 Å². The summed E-state index contributed by atoms with van der Waals surface area (Å²) in [5.41, 5.74) is 1.09. The third kappa shape index (κ3) is 3.15. The summed E-state index contributed by atoms with van der Waals surface area (Å²) in [6, 6.07) is 4.89. The number of hydrogen-bond donors (Lipinski definition) is 0. The second-order valence-corrected chi connectivity index (χ2v) is 6.69. The molecule has 1 heterocycles. The number of fused-ring (bicyclic) bond motifs is 1. The number of aryl methyl sites for hydroxylation is 1. The summed E-state index contributed by atoms with van der Waals surface area (Å²) in [5.74, 6) is 0.933. The molecule has 6 heteroatoms. The molecule has 0 saturated carbocycles. The molecule has 0 fully saturated rings. The highest BCUT2D eigenvalue weighted by atomic mass is 35.5. The van der Waals surface area contributed by atoms with Crippen molar-refractivity contribution in [2.45, 2.75) is 25.3 Å². The third-order valence-electron chi connectivity index (χ3n) is 2.93. The third-order valence-corrected chi connectivity index (χ3v) is 3.99. The van der Waals surface area contributed by atoms with Gasteiger partial charge in [0.1, 0.15) is 11.3 Å². The van der Waals surface area contributed by atoms with Crippen molar-refractivity contribution in [1.29, 1.82) is 0 Å². The second-order valence-electron chi connectivity index (χ2n) is 4.48. The Morgan fingerprint density at radius 2 is 2.26 bits per heavy atom. The summed E-state index contributed by atoms with van der Waals surface area (Å²) in [7, 11) is -0.823. The summed E-state index contributed by atoms with van der Waals surface area (Å²) < 4.78 is 26.8. The topological polar surface area (TPSA) is 34.9 Å². The van der Waals surface area contributed by atoms with Crippen molar-refractivity contribution in [3.8, 4) is 0 Å². The largest absolute Gasteiger partial charge is 0.327 e. The molecule has 2 rings (SSSR count). The molecule has 0 amide bonds. The summed E-state index contributed by atoms with van der Waals surface area (Å²) in [6.07, 6.45) is 2.43. The fraction of sp³-hybridized carbons (Fsp3) is 0.462. The van der Waals surface area contributed by atoms with Crippen molar-refractivity contribution >= 4 is 33.4 Å². The van der Waals surface area contributed by atoms with E-state index in [1.807, 2.05) is 17.6 Å². The van der Waals surface area contributed by atoms with Crippen LogP contribution in [0.2, 0.25) is 0 Å². The number of imidazole rings is 1. The van der Waals surface area contributed by atoms with E-state index < -0.39 is 10.8 Å². The van der Waals surface area contributed by atoms with Gasteiger partial charge in [-0.05, 0) is 25.5 Å². The van der Waals surface area contributed by atoms with Crippen LogP contribution >= 0.6 is 11.6 Å². The highest BCUT2D eigenvalue weighted by molar-refractivity contribution is 7.84. The molecule has 0 aliphatic carbocycles. The number of nitrogens with zero attached hydrogens (tertiary/aromatic N) is 2. The van der Waals surface area contributed by atoms with Gasteiger partial charge in [-0.2, -0.15) is 0 Å². The van der Waals surface area contributed by atoms with E-state index in [4.69, 9.17) is 11.6 Å². The van der Waals surface area contributed by atoms with Crippen LogP contribution in [0.3, 0.4) is 0 Å². The first kappa shape index (κ1) is 14.5. The van der Waals surface area contributed by atoms with E-state index in [-0.39, 0.29) is 11.2 Å². The van der Waals surface area contributed by atoms with Gasteiger partial charge in [-0.15, -0.1) is 11.6 Å². The fourth-order valence-corrected chi connectivity index (χ4v) is 2.80. The quantitative estimate of drug-likeness (QED) is 0.795. The van der Waals surface area contributed by atoms with Crippen molar-refractivity contribution < 1.29 is 8.60 Å². The molecule has 19 heavy (non-hydrogen) atoms. The normalized spacial score (nSPS) is 14.7. The smallest absolute Gasteiger partial charge is 0.151 e. The molecular weight excluding hydrogens is 287 g/mol. The van der Waals surface area contributed by atoms with Crippen LogP contribution in [0.4, 0.5) is 4.39 Å². The Kier molecular flexibility index (Phi) is 4.58. The van der Waals surface area contributed by atoms with Crippen LogP contribution in [0.5, 0.6) is 0 Å². The van der Waals surface area contributed by atoms with Crippen molar-refractivity contribution in [2.75, 3.05) is 12.0 Å². The average molecular weight is 303 g/mol. The lowest BCUT2D eigenvalue weighted by atomic mass is 10.3. The maximum atomic E-state index is 13.7. The molecular formula is C13H16ClFN2OS. The Balaban J connectivity index is 2.41. The van der Waals surface area contributed by atoms with E-state index in [0.29, 0.717) is 23.6 Å². The number of halogens is 2. The maximum Gasteiger partial charge on any atom is 0.151 e. The SMILES string of the molecule is CC(Cl)c1nc2c(F)cccc2n1CCCS(C)=O. The predicted octanol–water partition coefficient (Wildman–Crippen LogP) is 3.24. The molecule has 2 aromatic rings. The van der Waals surface area contributed by atoms with Gasteiger partial charge in [0, 0.05) is 29.4 Å². The lowest BCUT2D eigenvalue weighted by molar-refractivity contribution is 0.637. The zero-order valence-corrected chi connectivity index (χ0v) is 12.5. The van der Waals surface area contributed by atoms with Gasteiger partial charge >= 0.3 is 0 Å². The van der Waals surface area contributed by atoms with E-state index in [9.17, 15) is 8.60 Å². The predicted molar refractivity (Wildman–Crippen MR) is 77.5 cm³/mol. The summed E-state index contributed by atoms with van der Waals surface area (Å²) in [6.45, 7) is 2.46. The first-order valence-electron chi connectivity index (χ1n) is 6.09. The zero-order valence-electron chi connectivity index (χ0n) is 10.9. The zero-order chi connectivity index (χ0) is 14.0. The molecule has 0 spiro atoms. The van der Waals surface area contributed by atoms with Crippen molar-refractivity contribution in [3.05, 3.63) is 29.8 Å². The minimum absolute atomic E-state index is 0.293. The molecule has 1 aromatic heterocycles. The van der Waals surface area contributed by atoms with Gasteiger partial charge in [0.05, 0.1) is 10.9 Å². The van der Waals surface area contributed by atoms with E-state index in [0.717, 1.165) is 11.9 Å². The Morgan fingerprint density at radius 1 is 1.53 bits per heavy atom. The molecule has 2 atom stereocenters. The van der Waals surface area contributed by atoms with Gasteiger partial charge in [0.2, 0.25) is 0 Å². The number of aromatic nitrogens is 2. The number of hydrogen-bond acceptors (Lipinski definition) is 2. The number of benzene rings is 1. The molecule has 0 bridgehead atoms. The van der Waals surface area contributed by atoms with Gasteiger partial charge in [0.25, 0.3) is 0 Å². The van der Waals surface area contributed by atoms with Crippen LogP contribution in [-0.2, 0) is 17.3 Å². The van der Waals surface area contributed by atoms with Crippen molar-refractivity contribution in [2.24, 2.45) is 0 Å². The fourth-order valence-electron chi connectivity index (χ4n) is 2.10. The monoisotopic (exact) mass is 302 g/mol. The molecule has 0 aliphatic heterocycles. The first-order chi connectivity index (χ1) is 9.00. The Labute approximate surface area is 119 Å². The van der Waals surface area contributed by atoms with Gasteiger partial charge in [-0.25, -0.2) is 9.37 Å². The van der Waals surface area contributed by atoms with Gasteiger partial charge < -0.3 is 4.57 Å². The maximum absolute atomic E-state index is 13.7. The molecule has 0 N–H and O–H groups in total. The van der Waals surface area contributed by atoms with Crippen LogP contribution in [0.25, 0.3) is 11.0 Å². The van der Waals surface area contributed by atoms with Gasteiger partial charge in [0.15, 0.2) is 5.82 Å². The molecule has 3 nitrogen and oxygen atoms in total. The first-order valence-corrected chi connectivity index (χ1v) is 8.26. The van der Waals surface area contributed by atoms with E-state index in [1.165, 1.54) is 6.07 Å². The van der Waals surface area contributed by atoms with Crippen molar-refractivity contribution in [1.82, 2.24) is 9.55 Å². The van der Waals surface area contributed by atoms with E-state index >= 15 is 0 Å². The van der Waals surface area contributed by atoms with Gasteiger partial charge in [-0.1, -0.05) is 6.07 Å². The molecule has 0 saturated heterocycles. The Bertz CT molecular complexity index is 612. The lowest BCUT2D eigenvalue weighted by Gasteiger charge is -2.09. The standard InChI is InChI=1S/C13H16ClFN2OS/c1-9(14)13-16-12-10(15)5-3-6-11(12)17(13)7-4-8-19(2)18/h3,5-6,9H,4,7-8H2,1-2H3. The second kappa shape index (κ2) is 6.01. The van der Waals surface area contributed by atoms with E-state index in [2.05, 4.69) is 4.98 Å². The van der Waals surface area contributed by atoms with Crippen LogP contribution in [-0.4, -0.2) is 25.8 Å². The highest BCUT2D eigenvalue weighted by Crippen LogP contribution is 2.26. The molecule has 1 aromatic carbocycles. The average Bonchev–Trinajstić information content (AvgIpc) is 2.70.